The summed E-state index contributed by atoms with van der Waals surface area (Å²) in [5.41, 5.74) is 1.46. The number of anilines is 1. The van der Waals surface area contributed by atoms with Crippen LogP contribution >= 0.6 is 0 Å². The standard InChI is InChI=1S/C24H28FN3O3/c1-15-20(25)12-19(24(31)27-16(2)17-8-4-3-5-9-17)13-21(15)28-22(29)14-26-23(30)18-10-6-7-11-18/h3-5,8-9,12-13,16,18H,6-7,10-11,14H2,1-2H3,(H,26,30)(H,27,31)(H,28,29). The Bertz CT molecular complexity index is 956. The maximum Gasteiger partial charge on any atom is 0.251 e. The Morgan fingerprint density at radius 3 is 2.45 bits per heavy atom. The lowest BCUT2D eigenvalue weighted by Crippen LogP contribution is -2.36. The molecule has 0 saturated heterocycles. The van der Waals surface area contributed by atoms with Gasteiger partial charge < -0.3 is 16.0 Å². The summed E-state index contributed by atoms with van der Waals surface area (Å²) in [6, 6.07) is 11.8. The normalized spacial score (nSPS) is 14.7. The molecule has 1 fully saturated rings. The first kappa shape index (κ1) is 22.5. The van der Waals surface area contributed by atoms with Crippen molar-refractivity contribution in [3.63, 3.8) is 0 Å². The first-order valence-corrected chi connectivity index (χ1v) is 10.6. The average molecular weight is 426 g/mol. The van der Waals surface area contributed by atoms with Gasteiger partial charge in [0, 0.05) is 22.7 Å². The van der Waals surface area contributed by atoms with Crippen LogP contribution in [0.5, 0.6) is 0 Å². The highest BCUT2D eigenvalue weighted by atomic mass is 19.1. The largest absolute Gasteiger partial charge is 0.347 e. The van der Waals surface area contributed by atoms with Crippen molar-refractivity contribution in [2.45, 2.75) is 45.6 Å². The zero-order valence-electron chi connectivity index (χ0n) is 17.8. The van der Waals surface area contributed by atoms with Crippen LogP contribution in [0.25, 0.3) is 0 Å². The van der Waals surface area contributed by atoms with Gasteiger partial charge in [-0.1, -0.05) is 43.2 Å². The van der Waals surface area contributed by atoms with Crippen LogP contribution < -0.4 is 16.0 Å². The molecular formula is C24H28FN3O3. The van der Waals surface area contributed by atoms with Crippen molar-refractivity contribution in [2.75, 3.05) is 11.9 Å². The van der Waals surface area contributed by atoms with E-state index in [1.807, 2.05) is 37.3 Å². The minimum atomic E-state index is -0.592. The quantitative estimate of drug-likeness (QED) is 0.629. The molecule has 0 radical (unpaired) electrons. The summed E-state index contributed by atoms with van der Waals surface area (Å²) < 4.78 is 14.4. The highest BCUT2D eigenvalue weighted by molar-refractivity contribution is 5.99. The fourth-order valence-electron chi connectivity index (χ4n) is 3.74. The molecule has 0 spiro atoms. The van der Waals surface area contributed by atoms with Crippen LogP contribution in [0.4, 0.5) is 10.1 Å². The minimum absolute atomic E-state index is 0.0365. The lowest BCUT2D eigenvalue weighted by molar-refractivity contribution is -0.127. The molecule has 3 amide bonds. The molecule has 1 saturated carbocycles. The van der Waals surface area contributed by atoms with Crippen molar-refractivity contribution in [1.82, 2.24) is 10.6 Å². The Balaban J connectivity index is 1.63. The van der Waals surface area contributed by atoms with E-state index in [1.165, 1.54) is 13.0 Å². The SMILES string of the molecule is Cc1c(F)cc(C(=O)NC(C)c2ccccc2)cc1NC(=O)CNC(=O)C1CCCC1. The van der Waals surface area contributed by atoms with Crippen molar-refractivity contribution >= 4 is 23.4 Å². The van der Waals surface area contributed by atoms with Gasteiger partial charge in [0.05, 0.1) is 12.6 Å². The number of halogens is 1. The maximum atomic E-state index is 14.4. The molecule has 1 atom stereocenters. The summed E-state index contributed by atoms with van der Waals surface area (Å²) in [4.78, 5) is 37.0. The van der Waals surface area contributed by atoms with Gasteiger partial charge in [-0.15, -0.1) is 0 Å². The van der Waals surface area contributed by atoms with Gasteiger partial charge >= 0.3 is 0 Å². The number of benzene rings is 2. The van der Waals surface area contributed by atoms with E-state index in [-0.39, 0.29) is 41.2 Å². The van der Waals surface area contributed by atoms with E-state index in [2.05, 4.69) is 16.0 Å². The van der Waals surface area contributed by atoms with Crippen molar-refractivity contribution in [3.8, 4) is 0 Å². The second kappa shape index (κ2) is 10.2. The molecule has 164 valence electrons. The maximum absolute atomic E-state index is 14.4. The van der Waals surface area contributed by atoms with E-state index in [4.69, 9.17) is 0 Å². The molecule has 7 heteroatoms. The highest BCUT2D eigenvalue weighted by Crippen LogP contribution is 2.25. The fourth-order valence-corrected chi connectivity index (χ4v) is 3.74. The van der Waals surface area contributed by atoms with Gasteiger partial charge in [0.15, 0.2) is 0 Å². The Hall–Kier alpha value is -3.22. The number of amides is 3. The monoisotopic (exact) mass is 425 g/mol. The second-order valence-electron chi connectivity index (χ2n) is 7.98. The predicted molar refractivity (Wildman–Crippen MR) is 117 cm³/mol. The second-order valence-corrected chi connectivity index (χ2v) is 7.98. The van der Waals surface area contributed by atoms with E-state index in [0.717, 1.165) is 37.3 Å². The number of nitrogens with one attached hydrogen (secondary N) is 3. The topological polar surface area (TPSA) is 87.3 Å². The molecule has 3 rings (SSSR count). The summed E-state index contributed by atoms with van der Waals surface area (Å²) in [7, 11) is 0. The molecule has 1 unspecified atom stereocenters. The zero-order valence-corrected chi connectivity index (χ0v) is 17.8. The summed E-state index contributed by atoms with van der Waals surface area (Å²) in [6.45, 7) is 3.17. The van der Waals surface area contributed by atoms with Crippen molar-refractivity contribution in [3.05, 3.63) is 65.0 Å². The third kappa shape index (κ3) is 5.90. The molecular weight excluding hydrogens is 397 g/mol. The first-order valence-electron chi connectivity index (χ1n) is 10.6. The van der Waals surface area contributed by atoms with Crippen LogP contribution in [0.15, 0.2) is 42.5 Å². The summed E-state index contributed by atoms with van der Waals surface area (Å²) in [6.07, 6.45) is 3.74. The minimum Gasteiger partial charge on any atom is -0.347 e. The highest BCUT2D eigenvalue weighted by Gasteiger charge is 2.23. The zero-order chi connectivity index (χ0) is 22.4. The van der Waals surface area contributed by atoms with Crippen LogP contribution in [0.1, 0.15) is 60.1 Å². The molecule has 1 aliphatic carbocycles. The lowest BCUT2D eigenvalue weighted by atomic mass is 10.1. The molecule has 1 aliphatic rings. The van der Waals surface area contributed by atoms with E-state index < -0.39 is 17.6 Å². The van der Waals surface area contributed by atoms with E-state index in [9.17, 15) is 18.8 Å². The van der Waals surface area contributed by atoms with Crippen molar-refractivity contribution in [1.29, 1.82) is 0 Å². The van der Waals surface area contributed by atoms with Gasteiger partial charge in [0.25, 0.3) is 5.91 Å². The summed E-state index contributed by atoms with van der Waals surface area (Å²) in [5, 5.41) is 8.08. The van der Waals surface area contributed by atoms with Gasteiger partial charge in [-0.05, 0) is 44.4 Å². The average Bonchev–Trinajstić information content (AvgIpc) is 3.30. The predicted octanol–water partition coefficient (Wildman–Crippen LogP) is 3.87. The third-order valence-corrected chi connectivity index (χ3v) is 5.68. The lowest BCUT2D eigenvalue weighted by Gasteiger charge is -2.16. The molecule has 2 aromatic carbocycles. The van der Waals surface area contributed by atoms with Crippen LogP contribution in [0, 0.1) is 18.7 Å². The first-order chi connectivity index (χ1) is 14.8. The Morgan fingerprint density at radius 2 is 1.77 bits per heavy atom. The van der Waals surface area contributed by atoms with Crippen molar-refractivity contribution in [2.24, 2.45) is 5.92 Å². The van der Waals surface area contributed by atoms with Crippen LogP contribution in [0.3, 0.4) is 0 Å². The molecule has 0 aliphatic heterocycles. The van der Waals surface area contributed by atoms with Crippen LogP contribution in [-0.2, 0) is 9.59 Å². The Labute approximate surface area is 181 Å². The molecule has 0 heterocycles. The van der Waals surface area contributed by atoms with Crippen LogP contribution in [-0.4, -0.2) is 24.3 Å². The van der Waals surface area contributed by atoms with E-state index >= 15 is 0 Å². The smallest absolute Gasteiger partial charge is 0.251 e. The van der Waals surface area contributed by atoms with Crippen LogP contribution in [0.2, 0.25) is 0 Å². The fraction of sp³-hybridized carbons (Fsp3) is 0.375. The van der Waals surface area contributed by atoms with Gasteiger partial charge in [-0.2, -0.15) is 0 Å². The molecule has 0 bridgehead atoms. The molecule has 31 heavy (non-hydrogen) atoms. The van der Waals surface area contributed by atoms with Gasteiger partial charge in [0.2, 0.25) is 11.8 Å². The number of hydrogen-bond donors (Lipinski definition) is 3. The number of hydrogen-bond acceptors (Lipinski definition) is 3. The number of carbonyl (C=O) groups excluding carboxylic acids is 3. The number of rotatable bonds is 7. The molecule has 6 nitrogen and oxygen atoms in total. The van der Waals surface area contributed by atoms with Crippen molar-refractivity contribution < 1.29 is 18.8 Å². The van der Waals surface area contributed by atoms with Gasteiger partial charge in [-0.25, -0.2) is 4.39 Å². The van der Waals surface area contributed by atoms with Gasteiger partial charge in [0.1, 0.15) is 5.82 Å². The number of carbonyl (C=O) groups is 3. The molecule has 0 aromatic heterocycles. The van der Waals surface area contributed by atoms with E-state index in [1.54, 1.807) is 0 Å². The summed E-state index contributed by atoms with van der Waals surface area (Å²) >= 11 is 0. The molecule has 3 N–H and O–H groups in total. The molecule has 2 aromatic rings. The Morgan fingerprint density at radius 1 is 1.10 bits per heavy atom. The third-order valence-electron chi connectivity index (χ3n) is 5.68. The Kier molecular flexibility index (Phi) is 7.39. The van der Waals surface area contributed by atoms with Gasteiger partial charge in [-0.3, -0.25) is 14.4 Å². The summed E-state index contributed by atoms with van der Waals surface area (Å²) in [5.74, 6) is -1.67. The van der Waals surface area contributed by atoms with E-state index in [0.29, 0.717) is 0 Å².